The van der Waals surface area contributed by atoms with Crippen LogP contribution in [-0.4, -0.2) is 5.71 Å². The van der Waals surface area contributed by atoms with Crippen molar-refractivity contribution in [2.75, 3.05) is 0 Å². The number of benzene rings is 4. The zero-order valence-electron chi connectivity index (χ0n) is 15.2. The molecule has 0 N–H and O–H groups in total. The highest BCUT2D eigenvalue weighted by atomic mass is 35.5. The highest BCUT2D eigenvalue weighted by molar-refractivity contribution is 7.99. The molecule has 0 saturated heterocycles. The largest absolute Gasteiger partial charge is 0.252 e. The standard InChI is InChI=1S/C25H18ClNS/c26-19-14-12-18(13-15-19)23-16-25(28-24-11-4-3-10-22(24)27-23)21-9-5-7-17-6-1-2-8-20(17)21/h1-15,25H,16H2/t25-/m1/s1. The average molecular weight is 400 g/mol. The van der Waals surface area contributed by atoms with Crippen molar-refractivity contribution < 1.29 is 0 Å². The topological polar surface area (TPSA) is 12.4 Å². The molecule has 0 amide bonds. The summed E-state index contributed by atoms with van der Waals surface area (Å²) in [6, 6.07) is 31.7. The minimum atomic E-state index is 0.296. The Hall–Kier alpha value is -2.55. The van der Waals surface area contributed by atoms with Gasteiger partial charge in [-0.05, 0) is 46.2 Å². The number of hydrogen-bond acceptors (Lipinski definition) is 2. The number of halogens is 1. The van der Waals surface area contributed by atoms with Gasteiger partial charge in [-0.15, -0.1) is 11.8 Å². The molecule has 0 spiro atoms. The molecule has 0 fully saturated rings. The third kappa shape index (κ3) is 3.34. The molecule has 1 heterocycles. The van der Waals surface area contributed by atoms with Crippen LogP contribution in [0.25, 0.3) is 10.8 Å². The van der Waals surface area contributed by atoms with Crippen molar-refractivity contribution >= 4 is 45.5 Å². The fraction of sp³-hybridized carbons (Fsp3) is 0.0800. The zero-order chi connectivity index (χ0) is 18.9. The highest BCUT2D eigenvalue weighted by Gasteiger charge is 2.23. The number of rotatable bonds is 2. The van der Waals surface area contributed by atoms with Gasteiger partial charge in [0, 0.05) is 27.3 Å². The van der Waals surface area contributed by atoms with E-state index in [9.17, 15) is 0 Å². The van der Waals surface area contributed by atoms with Crippen molar-refractivity contribution in [1.82, 2.24) is 0 Å². The second kappa shape index (κ2) is 7.46. The van der Waals surface area contributed by atoms with Crippen LogP contribution in [0.4, 0.5) is 5.69 Å². The van der Waals surface area contributed by atoms with Gasteiger partial charge >= 0.3 is 0 Å². The van der Waals surface area contributed by atoms with E-state index in [0.717, 1.165) is 28.4 Å². The number of fused-ring (bicyclic) bond motifs is 2. The molecule has 0 aliphatic carbocycles. The van der Waals surface area contributed by atoms with Crippen LogP contribution in [0.3, 0.4) is 0 Å². The first-order valence-electron chi connectivity index (χ1n) is 9.35. The zero-order valence-corrected chi connectivity index (χ0v) is 16.8. The van der Waals surface area contributed by atoms with Gasteiger partial charge in [0.15, 0.2) is 0 Å². The van der Waals surface area contributed by atoms with Gasteiger partial charge in [-0.3, -0.25) is 4.99 Å². The van der Waals surface area contributed by atoms with Gasteiger partial charge in [0.1, 0.15) is 0 Å². The summed E-state index contributed by atoms with van der Waals surface area (Å²) in [6.07, 6.45) is 0.870. The smallest absolute Gasteiger partial charge is 0.0769 e. The molecule has 4 aromatic carbocycles. The summed E-state index contributed by atoms with van der Waals surface area (Å²) in [7, 11) is 0. The lowest BCUT2D eigenvalue weighted by Crippen LogP contribution is -2.05. The fourth-order valence-corrected chi connectivity index (χ4v) is 5.14. The van der Waals surface area contributed by atoms with E-state index in [1.807, 2.05) is 23.9 Å². The lowest BCUT2D eigenvalue weighted by Gasteiger charge is -2.18. The van der Waals surface area contributed by atoms with E-state index in [1.54, 1.807) is 0 Å². The predicted molar refractivity (Wildman–Crippen MR) is 121 cm³/mol. The molecular weight excluding hydrogens is 382 g/mol. The van der Waals surface area contributed by atoms with Gasteiger partial charge in [-0.25, -0.2) is 0 Å². The van der Waals surface area contributed by atoms with Gasteiger partial charge in [-0.1, -0.05) is 78.3 Å². The molecule has 1 aliphatic heterocycles. The van der Waals surface area contributed by atoms with E-state index in [2.05, 4.69) is 78.9 Å². The molecule has 0 saturated carbocycles. The lowest BCUT2D eigenvalue weighted by molar-refractivity contribution is 1.02. The second-order valence-corrected chi connectivity index (χ2v) is 8.59. The lowest BCUT2D eigenvalue weighted by atomic mass is 9.97. The van der Waals surface area contributed by atoms with Crippen molar-refractivity contribution in [3.05, 3.63) is 107 Å². The minimum Gasteiger partial charge on any atom is -0.252 e. The molecule has 0 bridgehead atoms. The predicted octanol–water partition coefficient (Wildman–Crippen LogP) is 7.85. The molecule has 5 rings (SSSR count). The van der Waals surface area contributed by atoms with E-state index in [0.29, 0.717) is 5.25 Å². The van der Waals surface area contributed by atoms with Crippen LogP contribution in [0.1, 0.15) is 22.8 Å². The van der Waals surface area contributed by atoms with Gasteiger partial charge in [0.05, 0.1) is 5.69 Å². The number of aliphatic imine (C=N–C) groups is 1. The summed E-state index contributed by atoms with van der Waals surface area (Å²) in [5.74, 6) is 0. The van der Waals surface area contributed by atoms with Crippen LogP contribution in [0.2, 0.25) is 5.02 Å². The van der Waals surface area contributed by atoms with E-state index >= 15 is 0 Å². The van der Waals surface area contributed by atoms with Crippen molar-refractivity contribution in [2.45, 2.75) is 16.6 Å². The van der Waals surface area contributed by atoms with E-state index in [4.69, 9.17) is 16.6 Å². The maximum absolute atomic E-state index is 6.11. The molecule has 1 aliphatic rings. The summed E-state index contributed by atoms with van der Waals surface area (Å²) < 4.78 is 0. The first-order chi connectivity index (χ1) is 13.8. The first-order valence-corrected chi connectivity index (χ1v) is 10.6. The summed E-state index contributed by atoms with van der Waals surface area (Å²) in [5, 5.41) is 3.64. The van der Waals surface area contributed by atoms with Gasteiger partial charge in [-0.2, -0.15) is 0 Å². The van der Waals surface area contributed by atoms with E-state index in [-0.39, 0.29) is 0 Å². The van der Waals surface area contributed by atoms with Crippen LogP contribution in [0.5, 0.6) is 0 Å². The van der Waals surface area contributed by atoms with Crippen LogP contribution in [-0.2, 0) is 0 Å². The molecule has 136 valence electrons. The number of nitrogens with zero attached hydrogens (tertiary/aromatic N) is 1. The van der Waals surface area contributed by atoms with Gasteiger partial charge < -0.3 is 0 Å². The first kappa shape index (κ1) is 17.5. The number of para-hydroxylation sites is 1. The molecule has 3 heteroatoms. The van der Waals surface area contributed by atoms with E-state index in [1.165, 1.54) is 21.2 Å². The van der Waals surface area contributed by atoms with Crippen LogP contribution in [0.15, 0.2) is 101 Å². The maximum Gasteiger partial charge on any atom is 0.0769 e. The van der Waals surface area contributed by atoms with Crippen molar-refractivity contribution in [3.8, 4) is 0 Å². The molecular formula is C25H18ClNS. The fourth-order valence-electron chi connectivity index (χ4n) is 3.74. The third-order valence-electron chi connectivity index (χ3n) is 5.12. The molecule has 0 aromatic heterocycles. The Morgan fingerprint density at radius 2 is 1.54 bits per heavy atom. The normalized spacial score (nSPS) is 16.3. The average Bonchev–Trinajstić information content (AvgIpc) is 2.93. The van der Waals surface area contributed by atoms with Gasteiger partial charge in [0.2, 0.25) is 0 Å². The molecule has 4 aromatic rings. The van der Waals surface area contributed by atoms with Crippen LogP contribution < -0.4 is 0 Å². The van der Waals surface area contributed by atoms with Crippen molar-refractivity contribution in [1.29, 1.82) is 0 Å². The summed E-state index contributed by atoms with van der Waals surface area (Å²) in [4.78, 5) is 6.27. The van der Waals surface area contributed by atoms with E-state index < -0.39 is 0 Å². The van der Waals surface area contributed by atoms with Crippen LogP contribution >= 0.6 is 23.4 Å². The highest BCUT2D eigenvalue weighted by Crippen LogP contribution is 2.47. The summed E-state index contributed by atoms with van der Waals surface area (Å²) in [5.41, 5.74) is 4.64. The molecule has 1 nitrogen and oxygen atoms in total. The Balaban J connectivity index is 1.65. The maximum atomic E-state index is 6.11. The number of hydrogen-bond donors (Lipinski definition) is 0. The second-order valence-electron chi connectivity index (χ2n) is 6.91. The van der Waals surface area contributed by atoms with Gasteiger partial charge in [0.25, 0.3) is 0 Å². The Kier molecular flexibility index (Phi) is 4.67. The molecule has 1 atom stereocenters. The Morgan fingerprint density at radius 1 is 0.786 bits per heavy atom. The third-order valence-corrected chi connectivity index (χ3v) is 6.67. The molecule has 0 unspecified atom stereocenters. The number of thioether (sulfide) groups is 1. The Bertz CT molecular complexity index is 1180. The molecule has 28 heavy (non-hydrogen) atoms. The van der Waals surface area contributed by atoms with Crippen LogP contribution in [0, 0.1) is 0 Å². The summed E-state index contributed by atoms with van der Waals surface area (Å²) in [6.45, 7) is 0. The van der Waals surface area contributed by atoms with Crippen molar-refractivity contribution in [3.63, 3.8) is 0 Å². The monoisotopic (exact) mass is 399 g/mol. The minimum absolute atomic E-state index is 0.296. The SMILES string of the molecule is Clc1ccc(C2=Nc3ccccc3S[C@@H](c3cccc4ccccc34)C2)cc1. The van der Waals surface area contributed by atoms with Crippen molar-refractivity contribution in [2.24, 2.45) is 4.99 Å². The Labute approximate surface area is 174 Å². The molecule has 0 radical (unpaired) electrons. The quantitative estimate of drug-likeness (QED) is 0.334. The Morgan fingerprint density at radius 3 is 2.43 bits per heavy atom. The summed E-state index contributed by atoms with van der Waals surface area (Å²) >= 11 is 8.02.